The van der Waals surface area contributed by atoms with Crippen LogP contribution in [0, 0.1) is 0 Å². The Morgan fingerprint density at radius 3 is 0.926 bits per heavy atom. The zero-order valence-electron chi connectivity index (χ0n) is 59.3. The van der Waals surface area contributed by atoms with E-state index in [9.17, 15) is 0 Å². The van der Waals surface area contributed by atoms with Crippen molar-refractivity contribution in [1.82, 2.24) is 0 Å². The van der Waals surface area contributed by atoms with Gasteiger partial charge in [-0.15, -0.1) is 0 Å². The molecule has 95 heavy (non-hydrogen) atoms. The molecule has 0 unspecified atom stereocenters. The number of hydrogen-bond donors (Lipinski definition) is 0. The van der Waals surface area contributed by atoms with Crippen molar-refractivity contribution in [3.63, 3.8) is 0 Å². The maximum atomic E-state index is 2.56. The number of rotatable bonds is 8. The summed E-state index contributed by atoms with van der Waals surface area (Å²) in [5.74, 6) is 0. The first-order valence-electron chi connectivity index (χ1n) is 34.6. The summed E-state index contributed by atoms with van der Waals surface area (Å²) in [6.45, 7) is 42.8. The van der Waals surface area contributed by atoms with Gasteiger partial charge in [0.25, 0.3) is 0 Å². The summed E-state index contributed by atoms with van der Waals surface area (Å²) in [7, 11) is 0. The summed E-state index contributed by atoms with van der Waals surface area (Å²) in [5, 5.41) is 4.91. The van der Waals surface area contributed by atoms with Crippen LogP contribution in [0.15, 0.2) is 231 Å². The molecule has 15 rings (SSSR count). The van der Waals surface area contributed by atoms with Gasteiger partial charge >= 0.3 is 0 Å². The summed E-state index contributed by atoms with van der Waals surface area (Å²) < 4.78 is 0. The highest BCUT2D eigenvalue weighted by molar-refractivity contribution is 6.01. The monoisotopic (exact) mass is 1240 g/mol. The molecule has 0 saturated heterocycles. The molecule has 0 aliphatic heterocycles. The third kappa shape index (κ3) is 10.2. The largest absolute Gasteiger partial charge is 0.310 e. The average molecular weight is 1240 g/mol. The van der Waals surface area contributed by atoms with Crippen LogP contribution < -0.4 is 9.80 Å². The van der Waals surface area contributed by atoms with Crippen molar-refractivity contribution in [2.75, 3.05) is 9.80 Å². The lowest BCUT2D eigenvalue weighted by molar-refractivity contribution is 0.579. The molecule has 0 amide bonds. The second-order valence-electron chi connectivity index (χ2n) is 33.6. The van der Waals surface area contributed by atoms with E-state index < -0.39 is 0 Å². The third-order valence-corrected chi connectivity index (χ3v) is 22.0. The fourth-order valence-electron chi connectivity index (χ4n) is 16.0. The SMILES string of the molecule is CC(C)(C)c1ccc2c(c1)C(C)(C)c1cc(C(C)(C)C)cc(N(c3cccc(-c4ccc5c(c4)C(C)(C)c4cc(-c6cccc(N(c7ccc8ccccc8c7)c7cc(C(C)(C)C)cc8c7-c7ccc(C(C)(C)C)cc7C8(C)C)c6)ccc4-5)c3)c3ccc4ccccc4c3)c1-2. The first kappa shape index (κ1) is 61.9. The fourth-order valence-corrected chi connectivity index (χ4v) is 16.0. The summed E-state index contributed by atoms with van der Waals surface area (Å²) in [4.78, 5) is 5.13. The van der Waals surface area contributed by atoms with Crippen LogP contribution in [0.1, 0.15) is 180 Å². The van der Waals surface area contributed by atoms with Crippen molar-refractivity contribution in [2.45, 2.75) is 163 Å². The van der Waals surface area contributed by atoms with Crippen LogP contribution in [0.2, 0.25) is 0 Å². The Kier molecular flexibility index (Phi) is 13.9. The first-order valence-corrected chi connectivity index (χ1v) is 34.6. The Hall–Kier alpha value is -9.24. The van der Waals surface area contributed by atoms with E-state index in [2.05, 4.69) is 365 Å². The van der Waals surface area contributed by atoms with Crippen LogP contribution in [0.3, 0.4) is 0 Å². The lowest BCUT2D eigenvalue weighted by Crippen LogP contribution is -2.20. The molecule has 3 aliphatic carbocycles. The molecule has 12 aromatic rings. The van der Waals surface area contributed by atoms with E-state index in [0.29, 0.717) is 0 Å². The van der Waals surface area contributed by atoms with Gasteiger partial charge in [-0.1, -0.05) is 282 Å². The standard InChI is InChI=1S/C93H92N2/c1-87(2,3)65-37-43-75-79(51-65)92(15,16)81-53-67(89(7,8)9)55-83(85(75)81)94(71-39-33-57-25-19-21-27-59(57)45-71)69-31-23-29-61(47-69)63-35-41-73-74-42-36-64(50-78(74)91(13,14)77(73)49-63)62-30-24-32-70(48-62)95(72-40-34-58-26-20-22-28-60(58)46-72)84-56-68(90(10,11)12)54-82-86(84)76-44-38-66(88(4,5)6)52-80(76)93(82,17)18/h19-56H,1-18H3. The molecule has 2 heteroatoms. The van der Waals surface area contributed by atoms with Gasteiger partial charge < -0.3 is 9.80 Å². The smallest absolute Gasteiger partial charge is 0.0546 e. The lowest BCUT2D eigenvalue weighted by Gasteiger charge is -2.32. The number of benzene rings is 12. The molecule has 3 aliphatic rings. The van der Waals surface area contributed by atoms with Gasteiger partial charge in [-0.2, -0.15) is 0 Å². The Balaban J connectivity index is 0.834. The van der Waals surface area contributed by atoms with E-state index in [1.165, 1.54) is 144 Å². The van der Waals surface area contributed by atoms with Gasteiger partial charge in [0, 0.05) is 50.1 Å². The van der Waals surface area contributed by atoms with Crippen LogP contribution in [0.25, 0.3) is 77.2 Å². The van der Waals surface area contributed by atoms with Gasteiger partial charge in [-0.05, 0) is 216 Å². The number of nitrogens with zero attached hydrogens (tertiary/aromatic N) is 2. The highest BCUT2D eigenvalue weighted by Crippen LogP contribution is 2.60. The Morgan fingerprint density at radius 2 is 0.547 bits per heavy atom. The van der Waals surface area contributed by atoms with E-state index in [-0.39, 0.29) is 37.9 Å². The molecule has 0 aromatic heterocycles. The molecular formula is C93H92N2. The molecular weight excluding hydrogens is 1150 g/mol. The quantitative estimate of drug-likeness (QED) is 0.150. The topological polar surface area (TPSA) is 6.48 Å². The van der Waals surface area contributed by atoms with Crippen LogP contribution >= 0.6 is 0 Å². The summed E-state index contributed by atoms with van der Waals surface area (Å²) in [6, 6.07) is 89.4. The van der Waals surface area contributed by atoms with Crippen LogP contribution in [0.4, 0.5) is 34.1 Å². The molecule has 0 N–H and O–H groups in total. The van der Waals surface area contributed by atoms with Crippen molar-refractivity contribution in [3.8, 4) is 55.6 Å². The van der Waals surface area contributed by atoms with E-state index in [0.717, 1.165) is 22.7 Å². The Bertz CT molecular complexity index is 4820. The van der Waals surface area contributed by atoms with Gasteiger partial charge in [0.05, 0.1) is 11.4 Å². The maximum Gasteiger partial charge on any atom is 0.0546 e. The van der Waals surface area contributed by atoms with Crippen molar-refractivity contribution in [1.29, 1.82) is 0 Å². The fraction of sp³-hybridized carbons (Fsp3) is 0.269. The van der Waals surface area contributed by atoms with Gasteiger partial charge in [0.2, 0.25) is 0 Å². The lowest BCUT2D eigenvalue weighted by atomic mass is 9.77. The Morgan fingerprint density at radius 1 is 0.232 bits per heavy atom. The van der Waals surface area contributed by atoms with Gasteiger partial charge in [0.15, 0.2) is 0 Å². The van der Waals surface area contributed by atoms with Crippen molar-refractivity contribution < 1.29 is 0 Å². The van der Waals surface area contributed by atoms with Crippen molar-refractivity contribution in [3.05, 3.63) is 286 Å². The minimum Gasteiger partial charge on any atom is -0.310 e. The van der Waals surface area contributed by atoms with Crippen LogP contribution in [0.5, 0.6) is 0 Å². The zero-order chi connectivity index (χ0) is 66.8. The van der Waals surface area contributed by atoms with Crippen molar-refractivity contribution >= 4 is 55.7 Å². The molecule has 474 valence electrons. The number of fused-ring (bicyclic) bond motifs is 11. The molecule has 12 aromatic carbocycles. The van der Waals surface area contributed by atoms with E-state index in [1.807, 2.05) is 0 Å². The van der Waals surface area contributed by atoms with Crippen LogP contribution in [-0.4, -0.2) is 0 Å². The molecule has 2 nitrogen and oxygen atoms in total. The van der Waals surface area contributed by atoms with Gasteiger partial charge in [0.1, 0.15) is 0 Å². The summed E-state index contributed by atoms with van der Waals surface area (Å²) in [5.41, 5.74) is 32.5. The molecule has 0 heterocycles. The van der Waals surface area contributed by atoms with Crippen LogP contribution in [-0.2, 0) is 37.9 Å². The predicted molar refractivity (Wildman–Crippen MR) is 409 cm³/mol. The minimum atomic E-state index is -0.276. The number of anilines is 6. The first-order chi connectivity index (χ1) is 44.8. The van der Waals surface area contributed by atoms with E-state index in [4.69, 9.17) is 0 Å². The van der Waals surface area contributed by atoms with E-state index in [1.54, 1.807) is 0 Å². The van der Waals surface area contributed by atoms with E-state index >= 15 is 0 Å². The van der Waals surface area contributed by atoms with Gasteiger partial charge in [-0.25, -0.2) is 0 Å². The second-order valence-corrected chi connectivity index (χ2v) is 33.6. The average Bonchev–Trinajstić information content (AvgIpc) is 1.58. The summed E-state index contributed by atoms with van der Waals surface area (Å²) >= 11 is 0. The third-order valence-electron chi connectivity index (χ3n) is 22.0. The maximum absolute atomic E-state index is 2.56. The highest BCUT2D eigenvalue weighted by Gasteiger charge is 2.43. The molecule has 0 atom stereocenters. The molecule has 0 fully saturated rings. The molecule has 0 spiro atoms. The summed E-state index contributed by atoms with van der Waals surface area (Å²) in [6.07, 6.45) is 0. The molecule has 0 saturated carbocycles. The molecule has 0 bridgehead atoms. The Labute approximate surface area is 566 Å². The minimum absolute atomic E-state index is 0.0244. The normalized spacial score (nSPS) is 14.9. The van der Waals surface area contributed by atoms with Gasteiger partial charge in [-0.3, -0.25) is 0 Å². The predicted octanol–water partition coefficient (Wildman–Crippen LogP) is 26.4. The second kappa shape index (κ2) is 21.4. The van der Waals surface area contributed by atoms with Crippen molar-refractivity contribution in [2.24, 2.45) is 0 Å². The zero-order valence-corrected chi connectivity index (χ0v) is 59.3. The number of hydrogen-bond acceptors (Lipinski definition) is 2. The highest BCUT2D eigenvalue weighted by atomic mass is 15.2. The molecule has 0 radical (unpaired) electrons.